The third-order valence-corrected chi connectivity index (χ3v) is 3.95. The Kier molecular flexibility index (Phi) is 4.95. The number of thiophene rings is 1. The number of aromatic nitrogens is 2. The van der Waals surface area contributed by atoms with Gasteiger partial charge in [-0.05, 0) is 17.9 Å². The highest BCUT2D eigenvalue weighted by Gasteiger charge is 2.18. The predicted molar refractivity (Wildman–Crippen MR) is 88.2 cm³/mol. The first kappa shape index (κ1) is 15.5. The number of carbonyl (C=O) groups excluding carboxylic acids is 1. The van der Waals surface area contributed by atoms with Gasteiger partial charge in [-0.25, -0.2) is 4.98 Å². The van der Waals surface area contributed by atoms with Crippen molar-refractivity contribution < 1.29 is 4.79 Å². The largest absolute Gasteiger partial charge is 0.357 e. The molecule has 0 atom stereocenters. The average molecular weight is 307 g/mol. The Hall–Kier alpha value is -1.89. The van der Waals surface area contributed by atoms with E-state index in [0.29, 0.717) is 12.5 Å². The maximum absolute atomic E-state index is 12.1. The summed E-state index contributed by atoms with van der Waals surface area (Å²) < 4.78 is 0. The Morgan fingerprint density at radius 3 is 2.76 bits per heavy atom. The fraction of sp³-hybridized carbons (Fsp3) is 0.500. The number of amides is 1. The first-order valence-corrected chi connectivity index (χ1v) is 7.82. The zero-order valence-electron chi connectivity index (χ0n) is 12.9. The van der Waals surface area contributed by atoms with Gasteiger partial charge in [0.15, 0.2) is 0 Å². The number of nitrogens with zero attached hydrogens (tertiary/aromatic N) is 4. The summed E-state index contributed by atoms with van der Waals surface area (Å²) in [4.78, 5) is 25.6. The predicted octanol–water partition coefficient (Wildman–Crippen LogP) is 2.04. The molecule has 0 saturated heterocycles. The molecular weight excluding hydrogens is 286 g/mol. The third kappa shape index (κ3) is 3.41. The van der Waals surface area contributed by atoms with E-state index in [1.165, 1.54) is 0 Å². The van der Waals surface area contributed by atoms with Crippen molar-refractivity contribution in [2.45, 2.75) is 13.3 Å². The molecule has 2 heterocycles. The van der Waals surface area contributed by atoms with Crippen LogP contribution < -0.4 is 10.2 Å². The number of anilines is 2. The highest BCUT2D eigenvalue weighted by atomic mass is 32.1. The van der Waals surface area contributed by atoms with Gasteiger partial charge in [-0.1, -0.05) is 6.92 Å². The lowest BCUT2D eigenvalue weighted by Gasteiger charge is -2.25. The molecule has 0 aromatic carbocycles. The van der Waals surface area contributed by atoms with E-state index >= 15 is 0 Å². The van der Waals surface area contributed by atoms with Crippen LogP contribution in [0.1, 0.15) is 13.3 Å². The molecule has 114 valence electrons. The lowest BCUT2D eigenvalue weighted by Crippen LogP contribution is -2.37. The van der Waals surface area contributed by atoms with E-state index in [1.807, 2.05) is 16.3 Å². The highest BCUT2D eigenvalue weighted by Crippen LogP contribution is 2.29. The quantitative estimate of drug-likeness (QED) is 0.885. The lowest BCUT2D eigenvalue weighted by molar-refractivity contribution is -0.127. The molecule has 0 fully saturated rings. The van der Waals surface area contributed by atoms with Gasteiger partial charge in [0.2, 0.25) is 11.9 Å². The minimum atomic E-state index is 0.0662. The minimum absolute atomic E-state index is 0.0662. The molecule has 2 aromatic heterocycles. The number of fused-ring (bicyclic) bond motifs is 1. The van der Waals surface area contributed by atoms with Crippen molar-refractivity contribution in [2.75, 3.05) is 44.4 Å². The summed E-state index contributed by atoms with van der Waals surface area (Å²) in [5.74, 6) is 1.47. The number of nitrogens with one attached hydrogen (secondary N) is 1. The van der Waals surface area contributed by atoms with Crippen molar-refractivity contribution in [2.24, 2.45) is 0 Å². The molecule has 6 nitrogen and oxygen atoms in total. The first-order valence-electron chi connectivity index (χ1n) is 6.95. The van der Waals surface area contributed by atoms with Crippen LogP contribution in [0.5, 0.6) is 0 Å². The number of hydrogen-bond acceptors (Lipinski definition) is 6. The summed E-state index contributed by atoms with van der Waals surface area (Å²) in [7, 11) is 5.34. The second kappa shape index (κ2) is 6.71. The van der Waals surface area contributed by atoms with E-state index < -0.39 is 0 Å². The van der Waals surface area contributed by atoms with Crippen molar-refractivity contribution >= 4 is 39.2 Å². The fourth-order valence-corrected chi connectivity index (χ4v) is 2.79. The van der Waals surface area contributed by atoms with E-state index in [1.54, 1.807) is 37.4 Å². The van der Waals surface area contributed by atoms with Crippen LogP contribution in [0, 0.1) is 0 Å². The summed E-state index contributed by atoms with van der Waals surface area (Å²) in [6, 6.07) is 2.01. The van der Waals surface area contributed by atoms with Crippen molar-refractivity contribution in [1.29, 1.82) is 0 Å². The maximum Gasteiger partial charge on any atom is 0.241 e. The summed E-state index contributed by atoms with van der Waals surface area (Å²) in [6.07, 6.45) is 0.950. The Morgan fingerprint density at radius 1 is 1.38 bits per heavy atom. The summed E-state index contributed by atoms with van der Waals surface area (Å²) in [5, 5.41) is 5.98. The molecule has 1 N–H and O–H groups in total. The molecule has 7 heteroatoms. The van der Waals surface area contributed by atoms with Gasteiger partial charge >= 0.3 is 0 Å². The zero-order chi connectivity index (χ0) is 15.4. The summed E-state index contributed by atoms with van der Waals surface area (Å²) >= 11 is 1.58. The monoisotopic (exact) mass is 307 g/mol. The van der Waals surface area contributed by atoms with Gasteiger partial charge in [-0.15, -0.1) is 11.3 Å². The number of hydrogen-bond donors (Lipinski definition) is 1. The number of carbonyl (C=O) groups is 1. The van der Waals surface area contributed by atoms with Gasteiger partial charge in [0.1, 0.15) is 10.6 Å². The Labute approximate surface area is 128 Å². The van der Waals surface area contributed by atoms with E-state index in [9.17, 15) is 4.79 Å². The van der Waals surface area contributed by atoms with Gasteiger partial charge in [0.05, 0.1) is 11.9 Å². The van der Waals surface area contributed by atoms with Gasteiger partial charge in [-0.3, -0.25) is 4.79 Å². The lowest BCUT2D eigenvalue weighted by atomic mass is 10.3. The molecule has 0 radical (unpaired) electrons. The van der Waals surface area contributed by atoms with Gasteiger partial charge < -0.3 is 15.1 Å². The van der Waals surface area contributed by atoms with Gasteiger partial charge in [-0.2, -0.15) is 4.98 Å². The normalized spacial score (nSPS) is 10.7. The van der Waals surface area contributed by atoms with Crippen molar-refractivity contribution in [3.05, 3.63) is 11.4 Å². The van der Waals surface area contributed by atoms with Crippen LogP contribution in [0.15, 0.2) is 11.4 Å². The fourth-order valence-electron chi connectivity index (χ4n) is 2.03. The van der Waals surface area contributed by atoms with Crippen LogP contribution in [-0.2, 0) is 4.79 Å². The van der Waals surface area contributed by atoms with Crippen LogP contribution in [0.4, 0.5) is 11.8 Å². The summed E-state index contributed by atoms with van der Waals surface area (Å²) in [6.45, 7) is 3.20. The molecule has 0 aliphatic rings. The van der Waals surface area contributed by atoms with Crippen molar-refractivity contribution in [3.8, 4) is 0 Å². The standard InChI is InChI=1S/C14H21N5OS/c1-5-7-19(9-11(20)18(3)4)12-10-6-8-21-13(10)17-14(15-2)16-12/h6,8H,5,7,9H2,1-4H3,(H,15,16,17). The van der Waals surface area contributed by atoms with Crippen LogP contribution in [-0.4, -0.2) is 55.0 Å². The molecule has 0 saturated carbocycles. The molecule has 0 unspecified atom stereocenters. The molecule has 2 aromatic rings. The molecule has 1 amide bonds. The van der Waals surface area contributed by atoms with Gasteiger partial charge in [0.25, 0.3) is 0 Å². The van der Waals surface area contributed by atoms with Gasteiger partial charge in [0, 0.05) is 27.7 Å². The second-order valence-corrected chi connectivity index (χ2v) is 5.86. The topological polar surface area (TPSA) is 61.4 Å². The van der Waals surface area contributed by atoms with Crippen LogP contribution in [0.3, 0.4) is 0 Å². The van der Waals surface area contributed by atoms with Crippen molar-refractivity contribution in [1.82, 2.24) is 14.9 Å². The average Bonchev–Trinajstić information content (AvgIpc) is 2.93. The maximum atomic E-state index is 12.1. The van der Waals surface area contributed by atoms with E-state index in [0.717, 1.165) is 29.0 Å². The molecular formula is C14H21N5OS. The van der Waals surface area contributed by atoms with Crippen LogP contribution in [0.25, 0.3) is 10.2 Å². The SMILES string of the molecule is CCCN(CC(=O)N(C)C)c1nc(NC)nc2sccc12. The molecule has 0 spiro atoms. The molecule has 0 bridgehead atoms. The molecule has 21 heavy (non-hydrogen) atoms. The first-order chi connectivity index (χ1) is 10.1. The zero-order valence-corrected chi connectivity index (χ0v) is 13.7. The van der Waals surface area contributed by atoms with Crippen molar-refractivity contribution in [3.63, 3.8) is 0 Å². The Morgan fingerprint density at radius 2 is 2.14 bits per heavy atom. The van der Waals surface area contributed by atoms with E-state index in [4.69, 9.17) is 0 Å². The van der Waals surface area contributed by atoms with E-state index in [-0.39, 0.29) is 5.91 Å². The second-order valence-electron chi connectivity index (χ2n) is 4.97. The van der Waals surface area contributed by atoms with Crippen LogP contribution in [0.2, 0.25) is 0 Å². The Bertz CT molecular complexity index is 625. The number of rotatable bonds is 6. The molecule has 0 aliphatic carbocycles. The summed E-state index contributed by atoms with van der Waals surface area (Å²) in [5.41, 5.74) is 0. The van der Waals surface area contributed by atoms with Crippen LogP contribution >= 0.6 is 11.3 Å². The molecule has 0 aliphatic heterocycles. The molecule has 2 rings (SSSR count). The third-order valence-electron chi connectivity index (χ3n) is 3.15. The number of likely N-dealkylation sites (N-methyl/N-ethyl adjacent to an activating group) is 1. The minimum Gasteiger partial charge on any atom is -0.357 e. The van der Waals surface area contributed by atoms with E-state index in [2.05, 4.69) is 22.2 Å². The Balaban J connectivity index is 2.43. The smallest absolute Gasteiger partial charge is 0.241 e. The highest BCUT2D eigenvalue weighted by molar-refractivity contribution is 7.16.